The third-order valence-corrected chi connectivity index (χ3v) is 5.46. The van der Waals surface area contributed by atoms with Crippen molar-refractivity contribution in [3.05, 3.63) is 35.6 Å². The normalized spacial score (nSPS) is 28.6. The van der Waals surface area contributed by atoms with E-state index in [2.05, 4.69) is 5.32 Å². The van der Waals surface area contributed by atoms with Crippen LogP contribution in [-0.4, -0.2) is 26.0 Å². The van der Waals surface area contributed by atoms with Gasteiger partial charge in [-0.3, -0.25) is 0 Å². The first-order chi connectivity index (χ1) is 7.99. The molecule has 0 saturated carbocycles. The molecule has 1 heterocycles. The second-order valence-corrected chi connectivity index (χ2v) is 6.95. The molecule has 0 bridgehead atoms. The van der Waals surface area contributed by atoms with Gasteiger partial charge in [0.15, 0.2) is 9.84 Å². The van der Waals surface area contributed by atoms with Crippen LogP contribution in [0, 0.1) is 5.82 Å². The minimum atomic E-state index is -3.09. The maximum absolute atomic E-state index is 13.1. The molecule has 1 saturated heterocycles. The van der Waals surface area contributed by atoms with Gasteiger partial charge in [0.25, 0.3) is 0 Å². The summed E-state index contributed by atoms with van der Waals surface area (Å²) in [4.78, 5) is 0. The van der Waals surface area contributed by atoms with E-state index in [1.807, 2.05) is 0 Å². The lowest BCUT2D eigenvalue weighted by atomic mass is 10.1. The standard InChI is InChI=1S/C12H16FNO2S/c1-9-5-6-14-12(8-17(9,15)16)10-3-2-4-11(13)7-10/h2-4,7,9,12,14H,5-6,8H2,1H3. The van der Waals surface area contributed by atoms with E-state index in [1.165, 1.54) is 12.1 Å². The average Bonchev–Trinajstić information content (AvgIpc) is 2.39. The quantitative estimate of drug-likeness (QED) is 0.832. The molecular formula is C12H16FNO2S. The van der Waals surface area contributed by atoms with Crippen LogP contribution in [-0.2, 0) is 9.84 Å². The van der Waals surface area contributed by atoms with Crippen LogP contribution in [0.15, 0.2) is 24.3 Å². The number of hydrogen-bond acceptors (Lipinski definition) is 3. The van der Waals surface area contributed by atoms with Gasteiger partial charge in [0.05, 0.1) is 11.0 Å². The summed E-state index contributed by atoms with van der Waals surface area (Å²) in [5.41, 5.74) is 0.697. The van der Waals surface area contributed by atoms with E-state index in [0.29, 0.717) is 18.5 Å². The molecule has 1 aliphatic rings. The topological polar surface area (TPSA) is 46.2 Å². The lowest BCUT2D eigenvalue weighted by Crippen LogP contribution is -2.26. The molecule has 1 aromatic rings. The molecule has 1 fully saturated rings. The average molecular weight is 257 g/mol. The number of halogens is 1. The fourth-order valence-electron chi connectivity index (χ4n) is 2.03. The van der Waals surface area contributed by atoms with Crippen molar-refractivity contribution in [3.63, 3.8) is 0 Å². The van der Waals surface area contributed by atoms with Crippen molar-refractivity contribution in [3.8, 4) is 0 Å². The minimum absolute atomic E-state index is 0.0393. The third kappa shape index (κ3) is 2.84. The first kappa shape index (κ1) is 12.5. The molecule has 0 spiro atoms. The maximum Gasteiger partial charge on any atom is 0.154 e. The maximum atomic E-state index is 13.1. The SMILES string of the molecule is CC1CCNC(c2cccc(F)c2)CS1(=O)=O. The van der Waals surface area contributed by atoms with Gasteiger partial charge in [-0.2, -0.15) is 0 Å². The Bertz CT molecular complexity index is 501. The molecule has 5 heteroatoms. The number of hydrogen-bond donors (Lipinski definition) is 1. The van der Waals surface area contributed by atoms with E-state index < -0.39 is 9.84 Å². The van der Waals surface area contributed by atoms with Crippen LogP contribution in [0.2, 0.25) is 0 Å². The fraction of sp³-hybridized carbons (Fsp3) is 0.500. The fourth-order valence-corrected chi connectivity index (χ4v) is 3.61. The van der Waals surface area contributed by atoms with Gasteiger partial charge in [-0.25, -0.2) is 12.8 Å². The molecule has 0 aromatic heterocycles. The molecule has 0 aliphatic carbocycles. The Morgan fingerprint density at radius 1 is 1.41 bits per heavy atom. The van der Waals surface area contributed by atoms with Gasteiger partial charge in [-0.15, -0.1) is 0 Å². The Labute approximate surface area is 101 Å². The van der Waals surface area contributed by atoms with Crippen LogP contribution in [0.1, 0.15) is 24.9 Å². The number of rotatable bonds is 1. The predicted octanol–water partition coefficient (Wildman–Crippen LogP) is 1.66. The van der Waals surface area contributed by atoms with Crippen LogP contribution in [0.4, 0.5) is 4.39 Å². The van der Waals surface area contributed by atoms with E-state index >= 15 is 0 Å². The minimum Gasteiger partial charge on any atom is -0.309 e. The molecule has 17 heavy (non-hydrogen) atoms. The predicted molar refractivity (Wildman–Crippen MR) is 65.0 cm³/mol. The summed E-state index contributed by atoms with van der Waals surface area (Å²) in [5, 5.41) is 2.84. The van der Waals surface area contributed by atoms with Crippen molar-refractivity contribution < 1.29 is 12.8 Å². The summed E-state index contributed by atoms with van der Waals surface area (Å²) >= 11 is 0. The van der Waals surface area contributed by atoms with E-state index in [1.54, 1.807) is 19.1 Å². The zero-order valence-corrected chi connectivity index (χ0v) is 10.5. The molecule has 0 amide bonds. The van der Waals surface area contributed by atoms with Crippen molar-refractivity contribution in [1.29, 1.82) is 0 Å². The Hall–Kier alpha value is -0.940. The number of nitrogens with one attached hydrogen (secondary N) is 1. The van der Waals surface area contributed by atoms with Gasteiger partial charge < -0.3 is 5.32 Å². The van der Waals surface area contributed by atoms with Crippen LogP contribution in [0.5, 0.6) is 0 Å². The number of benzene rings is 1. The summed E-state index contributed by atoms with van der Waals surface area (Å²) < 4.78 is 37.0. The smallest absolute Gasteiger partial charge is 0.154 e. The molecule has 3 nitrogen and oxygen atoms in total. The van der Waals surface area contributed by atoms with E-state index in [0.717, 1.165) is 0 Å². The van der Waals surface area contributed by atoms with Gasteiger partial charge in [0.2, 0.25) is 0 Å². The molecule has 2 unspecified atom stereocenters. The highest BCUT2D eigenvalue weighted by molar-refractivity contribution is 7.92. The van der Waals surface area contributed by atoms with Gasteiger partial charge in [-0.1, -0.05) is 12.1 Å². The van der Waals surface area contributed by atoms with Crippen LogP contribution in [0.25, 0.3) is 0 Å². The van der Waals surface area contributed by atoms with Crippen molar-refractivity contribution in [2.24, 2.45) is 0 Å². The Balaban J connectivity index is 2.28. The summed E-state index contributed by atoms with van der Waals surface area (Å²) in [7, 11) is -3.09. The summed E-state index contributed by atoms with van der Waals surface area (Å²) in [6.07, 6.45) is 0.605. The second kappa shape index (κ2) is 4.74. The number of sulfone groups is 1. The monoisotopic (exact) mass is 257 g/mol. The first-order valence-corrected chi connectivity index (χ1v) is 7.41. The molecule has 1 aromatic carbocycles. The Morgan fingerprint density at radius 2 is 2.18 bits per heavy atom. The Kier molecular flexibility index (Phi) is 3.49. The van der Waals surface area contributed by atoms with E-state index in [-0.39, 0.29) is 22.9 Å². The van der Waals surface area contributed by atoms with E-state index in [4.69, 9.17) is 0 Å². The molecule has 2 rings (SSSR count). The van der Waals surface area contributed by atoms with Crippen molar-refractivity contribution in [2.45, 2.75) is 24.6 Å². The largest absolute Gasteiger partial charge is 0.309 e. The highest BCUT2D eigenvalue weighted by Gasteiger charge is 2.29. The van der Waals surface area contributed by atoms with E-state index in [9.17, 15) is 12.8 Å². The highest BCUT2D eigenvalue weighted by atomic mass is 32.2. The van der Waals surface area contributed by atoms with Gasteiger partial charge in [-0.05, 0) is 37.6 Å². The highest BCUT2D eigenvalue weighted by Crippen LogP contribution is 2.22. The van der Waals surface area contributed by atoms with Gasteiger partial charge in [0, 0.05) is 6.04 Å². The van der Waals surface area contributed by atoms with Crippen LogP contribution < -0.4 is 5.32 Å². The van der Waals surface area contributed by atoms with Crippen LogP contribution >= 0.6 is 0 Å². The third-order valence-electron chi connectivity index (χ3n) is 3.20. The summed E-state index contributed by atoms with van der Waals surface area (Å²) in [6, 6.07) is 5.81. The van der Waals surface area contributed by atoms with Crippen molar-refractivity contribution in [2.75, 3.05) is 12.3 Å². The molecule has 1 aliphatic heterocycles. The van der Waals surface area contributed by atoms with Gasteiger partial charge in [0.1, 0.15) is 5.82 Å². The zero-order chi connectivity index (χ0) is 12.5. The molecule has 0 radical (unpaired) electrons. The molecule has 1 N–H and O–H groups in total. The summed E-state index contributed by atoms with van der Waals surface area (Å²) in [6.45, 7) is 2.37. The molecule has 94 valence electrons. The molecular weight excluding hydrogens is 241 g/mol. The zero-order valence-electron chi connectivity index (χ0n) is 9.69. The lowest BCUT2D eigenvalue weighted by molar-refractivity contribution is 0.564. The summed E-state index contributed by atoms with van der Waals surface area (Å²) in [5.74, 6) is -0.295. The molecule has 2 atom stereocenters. The van der Waals surface area contributed by atoms with Crippen molar-refractivity contribution >= 4 is 9.84 Å². The van der Waals surface area contributed by atoms with Crippen molar-refractivity contribution in [1.82, 2.24) is 5.32 Å². The first-order valence-electron chi connectivity index (χ1n) is 5.69. The van der Waals surface area contributed by atoms with Gasteiger partial charge >= 0.3 is 0 Å². The Morgan fingerprint density at radius 3 is 2.88 bits per heavy atom. The second-order valence-electron chi connectivity index (χ2n) is 4.49. The van der Waals surface area contributed by atoms with Crippen LogP contribution in [0.3, 0.4) is 0 Å². The lowest BCUT2D eigenvalue weighted by Gasteiger charge is -2.16.